The number of furan rings is 1. The molecule has 1 unspecified atom stereocenters. The summed E-state index contributed by atoms with van der Waals surface area (Å²) in [6.45, 7) is 11.4. The van der Waals surface area contributed by atoms with Crippen molar-refractivity contribution in [3.05, 3.63) is 23.7 Å². The minimum absolute atomic E-state index is 0.235. The maximum absolute atomic E-state index is 12.3. The number of hydrogen-bond donors (Lipinski definition) is 0. The molecule has 1 aromatic rings. The van der Waals surface area contributed by atoms with Crippen LogP contribution in [0.4, 0.5) is 0 Å². The Morgan fingerprint density at radius 2 is 1.83 bits per heavy atom. The first kappa shape index (κ1) is 17.5. The molecule has 6 nitrogen and oxygen atoms in total. The summed E-state index contributed by atoms with van der Waals surface area (Å²) in [5, 5.41) is 0. The minimum Gasteiger partial charge on any atom is -0.464 e. The van der Waals surface area contributed by atoms with Gasteiger partial charge in [-0.15, -0.1) is 0 Å². The van der Waals surface area contributed by atoms with Gasteiger partial charge in [0.25, 0.3) is 0 Å². The third-order valence-corrected chi connectivity index (χ3v) is 5.12. The highest BCUT2D eigenvalue weighted by Gasteiger charge is 2.26. The van der Waals surface area contributed by atoms with Gasteiger partial charge in [-0.3, -0.25) is 14.6 Å². The van der Waals surface area contributed by atoms with E-state index in [0.717, 1.165) is 57.2 Å². The van der Waals surface area contributed by atoms with Crippen molar-refractivity contribution in [3.63, 3.8) is 0 Å². The highest BCUT2D eigenvalue weighted by molar-refractivity contribution is 5.78. The third-order valence-electron chi connectivity index (χ3n) is 5.12. The smallest absolute Gasteiger partial charge is 0.236 e. The first-order chi connectivity index (χ1) is 11.7. The monoisotopic (exact) mass is 335 g/mol. The Bertz CT molecular complexity index is 531. The number of nitrogens with zero attached hydrogens (tertiary/aromatic N) is 3. The van der Waals surface area contributed by atoms with Crippen LogP contribution in [0.1, 0.15) is 31.4 Å². The van der Waals surface area contributed by atoms with Crippen LogP contribution in [-0.2, 0) is 16.0 Å². The van der Waals surface area contributed by atoms with Crippen molar-refractivity contribution in [2.24, 2.45) is 0 Å². The first-order valence-corrected chi connectivity index (χ1v) is 9.08. The standard InChI is InChI=1S/C18H29N3O3/c1-3-16-4-5-17(24-16)15(2)20-8-6-19(7-9-20)14-18(22)21-10-12-23-13-11-21/h4-5,15H,3,6-14H2,1-2H3. The van der Waals surface area contributed by atoms with E-state index >= 15 is 0 Å². The first-order valence-electron chi connectivity index (χ1n) is 9.08. The Hall–Kier alpha value is -1.37. The molecule has 2 aliphatic heterocycles. The van der Waals surface area contributed by atoms with Crippen LogP contribution >= 0.6 is 0 Å². The van der Waals surface area contributed by atoms with Crippen molar-refractivity contribution >= 4 is 5.91 Å². The van der Waals surface area contributed by atoms with Gasteiger partial charge in [-0.25, -0.2) is 0 Å². The summed E-state index contributed by atoms with van der Waals surface area (Å²) in [5.41, 5.74) is 0. The van der Waals surface area contributed by atoms with Gasteiger partial charge in [0.15, 0.2) is 0 Å². The largest absolute Gasteiger partial charge is 0.464 e. The van der Waals surface area contributed by atoms with E-state index in [2.05, 4.69) is 35.8 Å². The average molecular weight is 335 g/mol. The number of carbonyl (C=O) groups is 1. The lowest BCUT2D eigenvalue weighted by Gasteiger charge is -2.38. The SMILES string of the molecule is CCc1ccc(C(C)N2CCN(CC(=O)N3CCOCC3)CC2)o1. The lowest BCUT2D eigenvalue weighted by molar-refractivity contribution is -0.137. The molecule has 0 radical (unpaired) electrons. The Labute approximate surface area is 144 Å². The zero-order valence-corrected chi connectivity index (χ0v) is 14.9. The molecule has 3 heterocycles. The van der Waals surface area contributed by atoms with Gasteiger partial charge in [0.05, 0.1) is 25.8 Å². The van der Waals surface area contributed by atoms with Crippen LogP contribution in [0, 0.1) is 0 Å². The van der Waals surface area contributed by atoms with E-state index in [4.69, 9.17) is 9.15 Å². The van der Waals surface area contributed by atoms with Gasteiger partial charge in [-0.1, -0.05) is 6.92 Å². The topological polar surface area (TPSA) is 49.2 Å². The summed E-state index contributed by atoms with van der Waals surface area (Å²) in [6.07, 6.45) is 0.935. The molecule has 24 heavy (non-hydrogen) atoms. The van der Waals surface area contributed by atoms with E-state index in [1.165, 1.54) is 0 Å². The summed E-state index contributed by atoms with van der Waals surface area (Å²) < 4.78 is 11.2. The second-order valence-corrected chi connectivity index (χ2v) is 6.64. The quantitative estimate of drug-likeness (QED) is 0.814. The molecule has 0 saturated carbocycles. The molecule has 3 rings (SSSR count). The molecule has 1 aromatic heterocycles. The fourth-order valence-corrected chi connectivity index (χ4v) is 3.40. The molecule has 2 fully saturated rings. The Balaban J connectivity index is 1.45. The fraction of sp³-hybridized carbons (Fsp3) is 0.722. The van der Waals surface area contributed by atoms with Gasteiger partial charge in [-0.05, 0) is 19.1 Å². The molecule has 2 aliphatic rings. The molecule has 6 heteroatoms. The van der Waals surface area contributed by atoms with Gasteiger partial charge in [-0.2, -0.15) is 0 Å². The Morgan fingerprint density at radius 3 is 2.46 bits per heavy atom. The number of amides is 1. The molecule has 0 aliphatic carbocycles. The van der Waals surface area contributed by atoms with E-state index < -0.39 is 0 Å². The molecule has 0 bridgehead atoms. The molecule has 1 atom stereocenters. The van der Waals surface area contributed by atoms with Crippen molar-refractivity contribution < 1.29 is 13.9 Å². The summed E-state index contributed by atoms with van der Waals surface area (Å²) >= 11 is 0. The van der Waals surface area contributed by atoms with Gasteiger partial charge in [0, 0.05) is 45.7 Å². The van der Waals surface area contributed by atoms with Gasteiger partial charge >= 0.3 is 0 Å². The zero-order valence-electron chi connectivity index (χ0n) is 14.9. The number of rotatable bonds is 5. The van der Waals surface area contributed by atoms with Crippen LogP contribution in [-0.4, -0.2) is 79.6 Å². The van der Waals surface area contributed by atoms with E-state index in [1.54, 1.807) is 0 Å². The van der Waals surface area contributed by atoms with Crippen molar-refractivity contribution in [1.82, 2.24) is 14.7 Å². The molecule has 1 amide bonds. The number of hydrogen-bond acceptors (Lipinski definition) is 5. The van der Waals surface area contributed by atoms with E-state index in [1.807, 2.05) is 4.90 Å². The average Bonchev–Trinajstić information content (AvgIpc) is 3.11. The van der Waals surface area contributed by atoms with Crippen LogP contribution in [0.5, 0.6) is 0 Å². The summed E-state index contributed by atoms with van der Waals surface area (Å²) in [5.74, 6) is 2.33. The highest BCUT2D eigenvalue weighted by Crippen LogP contribution is 2.23. The highest BCUT2D eigenvalue weighted by atomic mass is 16.5. The van der Waals surface area contributed by atoms with E-state index in [9.17, 15) is 4.79 Å². The molecule has 0 aromatic carbocycles. The van der Waals surface area contributed by atoms with Gasteiger partial charge in [0.1, 0.15) is 11.5 Å². The van der Waals surface area contributed by atoms with Crippen LogP contribution in [0.3, 0.4) is 0 Å². The Morgan fingerprint density at radius 1 is 1.12 bits per heavy atom. The van der Waals surface area contributed by atoms with Crippen molar-refractivity contribution in [3.8, 4) is 0 Å². The lowest BCUT2D eigenvalue weighted by atomic mass is 10.2. The van der Waals surface area contributed by atoms with Crippen molar-refractivity contribution in [1.29, 1.82) is 0 Å². The van der Waals surface area contributed by atoms with Crippen LogP contribution in [0.25, 0.3) is 0 Å². The second-order valence-electron chi connectivity index (χ2n) is 6.64. The van der Waals surface area contributed by atoms with E-state index in [-0.39, 0.29) is 5.91 Å². The molecular formula is C18H29N3O3. The van der Waals surface area contributed by atoms with Gasteiger partial charge < -0.3 is 14.1 Å². The Kier molecular flexibility index (Phi) is 5.92. The summed E-state index contributed by atoms with van der Waals surface area (Å²) in [4.78, 5) is 19.0. The van der Waals surface area contributed by atoms with Crippen molar-refractivity contribution in [2.75, 3.05) is 59.0 Å². The third kappa shape index (κ3) is 4.18. The van der Waals surface area contributed by atoms with Gasteiger partial charge in [0.2, 0.25) is 5.91 Å². The maximum atomic E-state index is 12.3. The van der Waals surface area contributed by atoms with Crippen LogP contribution in [0.2, 0.25) is 0 Å². The molecule has 0 N–H and O–H groups in total. The predicted octanol–water partition coefficient (Wildman–Crippen LogP) is 1.38. The summed E-state index contributed by atoms with van der Waals surface area (Å²) in [7, 11) is 0. The lowest BCUT2D eigenvalue weighted by Crippen LogP contribution is -2.51. The van der Waals surface area contributed by atoms with Crippen LogP contribution < -0.4 is 0 Å². The maximum Gasteiger partial charge on any atom is 0.236 e. The number of carbonyl (C=O) groups excluding carboxylic acids is 1. The number of aryl methyl sites for hydroxylation is 1. The molecule has 134 valence electrons. The molecule has 0 spiro atoms. The van der Waals surface area contributed by atoms with Crippen molar-refractivity contribution in [2.45, 2.75) is 26.3 Å². The summed E-state index contributed by atoms with van der Waals surface area (Å²) in [6, 6.07) is 4.46. The zero-order chi connectivity index (χ0) is 16.9. The van der Waals surface area contributed by atoms with E-state index in [0.29, 0.717) is 25.8 Å². The predicted molar refractivity (Wildman–Crippen MR) is 91.9 cm³/mol. The number of ether oxygens (including phenoxy) is 1. The fourth-order valence-electron chi connectivity index (χ4n) is 3.40. The number of piperazine rings is 1. The molecule has 2 saturated heterocycles. The minimum atomic E-state index is 0.235. The normalized spacial score (nSPS) is 21.8. The second kappa shape index (κ2) is 8.14. The number of morpholine rings is 1. The van der Waals surface area contributed by atoms with Crippen LogP contribution in [0.15, 0.2) is 16.5 Å². The molecular weight excluding hydrogens is 306 g/mol.